The number of sulfonamides is 1. The van der Waals surface area contributed by atoms with Gasteiger partial charge in [0, 0.05) is 20.3 Å². The third-order valence-corrected chi connectivity index (χ3v) is 4.25. The largest absolute Gasteiger partial charge is 0.396 e. The number of halogens is 2. The van der Waals surface area contributed by atoms with Gasteiger partial charge in [0.15, 0.2) is 0 Å². The molecule has 0 aliphatic carbocycles. The van der Waals surface area contributed by atoms with Gasteiger partial charge in [-0.25, -0.2) is 13.1 Å². The van der Waals surface area contributed by atoms with Crippen LogP contribution in [0, 0.1) is 0 Å². The highest BCUT2D eigenvalue weighted by atomic mass is 35.5. The highest BCUT2D eigenvalue weighted by molar-refractivity contribution is 7.89. The summed E-state index contributed by atoms with van der Waals surface area (Å²) < 4.78 is 31.0. The van der Waals surface area contributed by atoms with Gasteiger partial charge >= 0.3 is 0 Å². The van der Waals surface area contributed by atoms with Crippen molar-refractivity contribution >= 4 is 38.9 Å². The van der Waals surface area contributed by atoms with Crippen LogP contribution in [0.1, 0.15) is 6.42 Å². The van der Waals surface area contributed by atoms with Crippen molar-refractivity contribution in [2.24, 2.45) is 0 Å². The third kappa shape index (κ3) is 4.00. The molecule has 0 bridgehead atoms. The van der Waals surface area contributed by atoms with Crippen molar-refractivity contribution in [2.75, 3.05) is 26.0 Å². The summed E-state index contributed by atoms with van der Waals surface area (Å²) in [4.78, 5) is -0.0101. The fourth-order valence-electron chi connectivity index (χ4n) is 1.22. The summed E-state index contributed by atoms with van der Waals surface area (Å²) in [5.41, 5.74) is 5.70. The molecule has 0 atom stereocenters. The molecule has 1 aromatic carbocycles. The SMILES string of the molecule is COCCCNS(=O)(=O)c1cc(Cl)c(N)c(Cl)c1. The average Bonchev–Trinajstić information content (AvgIpc) is 2.31. The van der Waals surface area contributed by atoms with Gasteiger partial charge in [0.25, 0.3) is 0 Å². The molecule has 0 spiro atoms. The minimum Gasteiger partial charge on any atom is -0.396 e. The predicted octanol–water partition coefficient (Wildman–Crippen LogP) is 1.89. The second-order valence-corrected chi connectivity index (χ2v) is 6.13. The molecule has 0 amide bonds. The van der Waals surface area contributed by atoms with E-state index < -0.39 is 10.0 Å². The van der Waals surface area contributed by atoms with Crippen molar-refractivity contribution < 1.29 is 13.2 Å². The van der Waals surface area contributed by atoms with Crippen molar-refractivity contribution in [1.82, 2.24) is 4.72 Å². The zero-order chi connectivity index (χ0) is 13.8. The van der Waals surface area contributed by atoms with E-state index in [0.29, 0.717) is 13.0 Å². The van der Waals surface area contributed by atoms with Gasteiger partial charge in [0.2, 0.25) is 10.0 Å². The van der Waals surface area contributed by atoms with E-state index in [2.05, 4.69) is 4.72 Å². The van der Waals surface area contributed by atoms with Gasteiger partial charge < -0.3 is 10.5 Å². The first kappa shape index (κ1) is 15.5. The molecule has 0 fully saturated rings. The molecule has 5 nitrogen and oxygen atoms in total. The monoisotopic (exact) mass is 312 g/mol. The Morgan fingerprint density at radius 1 is 1.33 bits per heavy atom. The molecule has 18 heavy (non-hydrogen) atoms. The van der Waals surface area contributed by atoms with Gasteiger partial charge in [-0.2, -0.15) is 0 Å². The second-order valence-electron chi connectivity index (χ2n) is 3.54. The molecule has 0 aromatic heterocycles. The van der Waals surface area contributed by atoms with Crippen LogP contribution in [0.25, 0.3) is 0 Å². The van der Waals surface area contributed by atoms with E-state index in [1.165, 1.54) is 12.1 Å². The lowest BCUT2D eigenvalue weighted by Gasteiger charge is -2.09. The summed E-state index contributed by atoms with van der Waals surface area (Å²) >= 11 is 11.6. The first-order valence-corrected chi connectivity index (χ1v) is 7.35. The Kier molecular flexibility index (Phi) is 5.68. The van der Waals surface area contributed by atoms with E-state index in [9.17, 15) is 8.42 Å². The molecule has 0 saturated carbocycles. The molecule has 102 valence electrons. The topological polar surface area (TPSA) is 81.4 Å². The van der Waals surface area contributed by atoms with Crippen LogP contribution in [0.2, 0.25) is 10.0 Å². The van der Waals surface area contributed by atoms with Gasteiger partial charge in [0.05, 0.1) is 20.6 Å². The fourth-order valence-corrected chi connectivity index (χ4v) is 2.96. The van der Waals surface area contributed by atoms with E-state index in [-0.39, 0.29) is 27.2 Å². The van der Waals surface area contributed by atoms with Crippen LogP contribution in [0.4, 0.5) is 5.69 Å². The molecule has 3 N–H and O–H groups in total. The van der Waals surface area contributed by atoms with E-state index >= 15 is 0 Å². The van der Waals surface area contributed by atoms with Crippen molar-refractivity contribution in [2.45, 2.75) is 11.3 Å². The van der Waals surface area contributed by atoms with Crippen LogP contribution in [-0.4, -0.2) is 28.7 Å². The normalized spacial score (nSPS) is 11.7. The average molecular weight is 313 g/mol. The zero-order valence-corrected chi connectivity index (χ0v) is 12.1. The maximum Gasteiger partial charge on any atom is 0.240 e. The third-order valence-electron chi connectivity index (χ3n) is 2.18. The minimum absolute atomic E-state index is 0.0101. The van der Waals surface area contributed by atoms with Gasteiger partial charge in [0.1, 0.15) is 0 Å². The predicted molar refractivity (Wildman–Crippen MR) is 72.6 cm³/mol. The summed E-state index contributed by atoms with van der Waals surface area (Å²) in [6, 6.07) is 2.53. The molecule has 0 aliphatic heterocycles. The number of benzene rings is 1. The van der Waals surface area contributed by atoms with E-state index in [1.54, 1.807) is 7.11 Å². The van der Waals surface area contributed by atoms with Crippen molar-refractivity contribution in [1.29, 1.82) is 0 Å². The number of nitrogen functional groups attached to an aromatic ring is 1. The minimum atomic E-state index is -3.63. The number of rotatable bonds is 6. The van der Waals surface area contributed by atoms with Crippen molar-refractivity contribution in [3.63, 3.8) is 0 Å². The summed E-state index contributed by atoms with van der Waals surface area (Å²) in [5, 5.41) is 0.222. The second kappa shape index (κ2) is 6.58. The van der Waals surface area contributed by atoms with Crippen LogP contribution in [0.3, 0.4) is 0 Å². The Bertz CT molecular complexity index is 497. The Morgan fingerprint density at radius 3 is 2.39 bits per heavy atom. The standard InChI is InChI=1S/C10H14Cl2N2O3S/c1-17-4-2-3-14-18(15,16)7-5-8(11)10(13)9(12)6-7/h5-6,14H,2-4,13H2,1H3. The molecule has 1 aromatic rings. The Hall–Kier alpha value is -0.530. The van der Waals surface area contributed by atoms with Crippen molar-refractivity contribution in [3.8, 4) is 0 Å². The van der Waals surface area contributed by atoms with Gasteiger partial charge in [-0.05, 0) is 18.6 Å². The number of hydrogen-bond donors (Lipinski definition) is 2. The summed E-state index contributed by atoms with van der Waals surface area (Å²) in [6.45, 7) is 0.752. The van der Waals surface area contributed by atoms with Gasteiger partial charge in [-0.3, -0.25) is 0 Å². The molecule has 0 unspecified atom stereocenters. The van der Waals surface area contributed by atoms with Crippen LogP contribution >= 0.6 is 23.2 Å². The van der Waals surface area contributed by atoms with Gasteiger partial charge in [-0.1, -0.05) is 23.2 Å². The maximum atomic E-state index is 11.9. The molecule has 0 heterocycles. The van der Waals surface area contributed by atoms with Crippen LogP contribution < -0.4 is 10.5 Å². The fraction of sp³-hybridized carbons (Fsp3) is 0.400. The van der Waals surface area contributed by atoms with E-state index in [1.807, 2.05) is 0 Å². The molecular weight excluding hydrogens is 299 g/mol. The molecule has 8 heteroatoms. The van der Waals surface area contributed by atoms with Crippen LogP contribution in [0.15, 0.2) is 17.0 Å². The quantitative estimate of drug-likeness (QED) is 0.621. The number of methoxy groups -OCH3 is 1. The number of anilines is 1. The molecule has 0 aliphatic rings. The first-order valence-electron chi connectivity index (χ1n) is 5.11. The van der Waals surface area contributed by atoms with Gasteiger partial charge in [-0.15, -0.1) is 0 Å². The molecule has 1 rings (SSSR count). The summed E-state index contributed by atoms with van der Waals surface area (Å²) in [5.74, 6) is 0. The van der Waals surface area contributed by atoms with Crippen LogP contribution in [0.5, 0.6) is 0 Å². The molecule has 0 saturated heterocycles. The lowest BCUT2D eigenvalue weighted by Crippen LogP contribution is -2.25. The Balaban J connectivity index is 2.85. The Morgan fingerprint density at radius 2 is 1.89 bits per heavy atom. The lowest BCUT2D eigenvalue weighted by atomic mass is 10.3. The smallest absolute Gasteiger partial charge is 0.240 e. The maximum absolute atomic E-state index is 11.9. The summed E-state index contributed by atoms with van der Waals surface area (Å²) in [7, 11) is -2.08. The number of nitrogens with two attached hydrogens (primary N) is 1. The van der Waals surface area contributed by atoms with Crippen LogP contribution in [-0.2, 0) is 14.8 Å². The number of nitrogens with one attached hydrogen (secondary N) is 1. The summed E-state index contributed by atoms with van der Waals surface area (Å²) in [6.07, 6.45) is 0.576. The zero-order valence-electron chi connectivity index (χ0n) is 9.74. The first-order chi connectivity index (χ1) is 8.38. The molecule has 0 radical (unpaired) electrons. The number of ether oxygens (including phenoxy) is 1. The molecular formula is C10H14Cl2N2O3S. The van der Waals surface area contributed by atoms with E-state index in [0.717, 1.165) is 0 Å². The highest BCUT2D eigenvalue weighted by Gasteiger charge is 2.16. The number of hydrogen-bond acceptors (Lipinski definition) is 4. The highest BCUT2D eigenvalue weighted by Crippen LogP contribution is 2.30. The van der Waals surface area contributed by atoms with E-state index in [4.69, 9.17) is 33.7 Å². The Labute approximate surface area is 116 Å². The van der Waals surface area contributed by atoms with Crippen molar-refractivity contribution in [3.05, 3.63) is 22.2 Å². The lowest BCUT2D eigenvalue weighted by molar-refractivity contribution is 0.196.